The third kappa shape index (κ3) is 12.7. The number of hydrazone groups is 1. The molecule has 13 heteroatoms. The molecule has 13 nitrogen and oxygen atoms in total. The van der Waals surface area contributed by atoms with Crippen molar-refractivity contribution in [1.82, 2.24) is 37.3 Å². The van der Waals surface area contributed by atoms with E-state index in [-0.39, 0.29) is 17.5 Å². The fourth-order valence-electron chi connectivity index (χ4n) is 5.43. The van der Waals surface area contributed by atoms with Gasteiger partial charge in [-0.15, -0.1) is 0 Å². The average molecular weight is 699 g/mol. The number of amides is 6. The van der Waals surface area contributed by atoms with Crippen LogP contribution in [0.2, 0.25) is 0 Å². The van der Waals surface area contributed by atoms with Crippen LogP contribution in [-0.2, 0) is 19.2 Å². The van der Waals surface area contributed by atoms with Gasteiger partial charge in [0, 0.05) is 7.05 Å². The molecule has 3 aromatic carbocycles. The van der Waals surface area contributed by atoms with Crippen LogP contribution in [0.4, 0.5) is 4.79 Å². The number of nitrogens with zero attached hydrogens (tertiary/aromatic N) is 1. The van der Waals surface area contributed by atoms with Crippen molar-refractivity contribution in [2.24, 2.45) is 11.0 Å². The number of likely N-dealkylation sites (N-methyl/N-ethyl adjacent to an activating group) is 2. The van der Waals surface area contributed by atoms with Crippen molar-refractivity contribution in [3.63, 3.8) is 0 Å². The Kier molecular flexibility index (Phi) is 16.3. The van der Waals surface area contributed by atoms with Crippen LogP contribution in [0, 0.1) is 5.92 Å². The van der Waals surface area contributed by atoms with Crippen molar-refractivity contribution in [3.05, 3.63) is 108 Å². The molecule has 0 aliphatic heterocycles. The second-order valence-electron chi connectivity index (χ2n) is 12.4. The summed E-state index contributed by atoms with van der Waals surface area (Å²) in [6, 6.07) is 23.8. The Balaban J connectivity index is 1.86. The van der Waals surface area contributed by atoms with Crippen LogP contribution in [0.5, 0.6) is 0 Å². The van der Waals surface area contributed by atoms with E-state index in [1.807, 2.05) is 81.4 Å². The molecule has 0 aromatic heterocycles. The van der Waals surface area contributed by atoms with Crippen LogP contribution in [0.1, 0.15) is 68.8 Å². The van der Waals surface area contributed by atoms with Gasteiger partial charge in [-0.3, -0.25) is 19.2 Å². The quantitative estimate of drug-likeness (QED) is 0.0792. The van der Waals surface area contributed by atoms with Gasteiger partial charge in [-0.05, 0) is 42.5 Å². The van der Waals surface area contributed by atoms with Gasteiger partial charge in [0.15, 0.2) is 0 Å². The molecule has 0 radical (unpaired) electrons. The van der Waals surface area contributed by atoms with E-state index in [1.54, 1.807) is 37.4 Å². The first-order valence-corrected chi connectivity index (χ1v) is 17.1. The van der Waals surface area contributed by atoms with Gasteiger partial charge in [-0.2, -0.15) is 5.10 Å². The number of benzene rings is 3. The minimum Gasteiger partial charge on any atom is -0.357 e. The maximum Gasteiger partial charge on any atom is 0.335 e. The van der Waals surface area contributed by atoms with Crippen molar-refractivity contribution in [2.45, 2.75) is 64.2 Å². The van der Waals surface area contributed by atoms with E-state index in [0.717, 1.165) is 11.1 Å². The lowest BCUT2D eigenvalue weighted by Gasteiger charge is -2.24. The van der Waals surface area contributed by atoms with Gasteiger partial charge in [0.1, 0.15) is 11.8 Å². The highest BCUT2D eigenvalue weighted by Crippen LogP contribution is 2.21. The number of hydrogen-bond donors (Lipinski definition) is 7. The summed E-state index contributed by atoms with van der Waals surface area (Å²) in [6.07, 6.45) is 1.43. The molecule has 272 valence electrons. The zero-order valence-electron chi connectivity index (χ0n) is 29.9. The maximum absolute atomic E-state index is 13.7. The van der Waals surface area contributed by atoms with Crippen LogP contribution >= 0.6 is 0 Å². The average Bonchev–Trinajstić information content (AvgIpc) is 3.14. The summed E-state index contributed by atoms with van der Waals surface area (Å²) in [5.41, 5.74) is 4.46. The number of rotatable bonds is 18. The van der Waals surface area contributed by atoms with Crippen LogP contribution in [0.15, 0.2) is 96.1 Å². The lowest BCUT2D eigenvalue weighted by Crippen LogP contribution is -2.54. The molecule has 3 atom stereocenters. The number of hydrogen-bond acceptors (Lipinski definition) is 7. The largest absolute Gasteiger partial charge is 0.357 e. The van der Waals surface area contributed by atoms with Crippen LogP contribution < -0.4 is 37.3 Å². The lowest BCUT2D eigenvalue weighted by atomic mass is 9.99. The number of nitrogens with one attached hydrogen (secondary N) is 7. The standard InChI is InChI=1S/C38H50N8O5/c1-6-16-29(42-35(48)30(39-4)23-25(2)3)34(37(50)41-24-31(47)43-33(36(49)40-5)28-21-14-9-15-22-28)45-46-38(51)44-32(26-17-10-7-11-18-26)27-19-12-8-13-20-27/h7-15,17-22,25,29-30,32-33,39H,6,16,23-24H2,1-5H3,(H,40,49)(H,41,50)(H,42,48)(H,43,47)(H2,44,46,51)/b45-34+. The predicted molar refractivity (Wildman–Crippen MR) is 197 cm³/mol. The molecule has 0 heterocycles. The summed E-state index contributed by atoms with van der Waals surface area (Å²) < 4.78 is 0. The van der Waals surface area contributed by atoms with Gasteiger partial charge in [-0.25, -0.2) is 10.2 Å². The number of carbonyl (C=O) groups is 5. The van der Waals surface area contributed by atoms with Crippen molar-refractivity contribution in [3.8, 4) is 0 Å². The Morgan fingerprint density at radius 2 is 1.24 bits per heavy atom. The summed E-state index contributed by atoms with van der Waals surface area (Å²) in [6.45, 7) is 5.38. The molecule has 0 aliphatic carbocycles. The molecule has 7 N–H and O–H groups in total. The fourth-order valence-corrected chi connectivity index (χ4v) is 5.43. The van der Waals surface area contributed by atoms with Crippen LogP contribution in [-0.4, -0.2) is 68.1 Å². The SMILES string of the molecule is CCCC(NC(=O)C(CC(C)C)NC)/C(=N\NC(=O)NC(c1ccccc1)c1ccccc1)C(=O)NCC(=O)NC(C(=O)NC)c1ccccc1. The highest BCUT2D eigenvalue weighted by molar-refractivity contribution is 6.41. The lowest BCUT2D eigenvalue weighted by molar-refractivity contribution is -0.129. The zero-order valence-corrected chi connectivity index (χ0v) is 29.9. The fraction of sp³-hybridized carbons (Fsp3) is 0.368. The second kappa shape index (κ2) is 20.8. The smallest absolute Gasteiger partial charge is 0.335 e. The van der Waals surface area contributed by atoms with Gasteiger partial charge < -0.3 is 31.9 Å². The molecular formula is C38H50N8O5. The Bertz CT molecular complexity index is 1560. The van der Waals surface area contributed by atoms with E-state index in [0.29, 0.717) is 24.8 Å². The summed E-state index contributed by atoms with van der Waals surface area (Å²) in [4.78, 5) is 66.1. The summed E-state index contributed by atoms with van der Waals surface area (Å²) in [5, 5.41) is 20.8. The minimum absolute atomic E-state index is 0.200. The molecule has 0 bridgehead atoms. The van der Waals surface area contributed by atoms with Gasteiger partial charge in [0.2, 0.25) is 17.7 Å². The summed E-state index contributed by atoms with van der Waals surface area (Å²) >= 11 is 0. The molecule has 3 unspecified atom stereocenters. The van der Waals surface area contributed by atoms with E-state index < -0.39 is 54.5 Å². The molecule has 0 saturated carbocycles. The third-order valence-electron chi connectivity index (χ3n) is 8.00. The van der Waals surface area contributed by atoms with E-state index >= 15 is 0 Å². The molecule has 6 amide bonds. The first-order chi connectivity index (χ1) is 24.6. The van der Waals surface area contributed by atoms with Gasteiger partial charge in [0.25, 0.3) is 5.91 Å². The number of urea groups is 1. The molecule has 0 fully saturated rings. The third-order valence-corrected chi connectivity index (χ3v) is 8.00. The first kappa shape index (κ1) is 39.9. The van der Waals surface area contributed by atoms with Crippen molar-refractivity contribution in [1.29, 1.82) is 0 Å². The normalized spacial score (nSPS) is 13.0. The second-order valence-corrected chi connectivity index (χ2v) is 12.4. The van der Waals surface area contributed by atoms with Crippen LogP contribution in [0.3, 0.4) is 0 Å². The minimum atomic E-state index is -0.993. The summed E-state index contributed by atoms with van der Waals surface area (Å²) in [7, 11) is 3.15. The van der Waals surface area contributed by atoms with Crippen molar-refractivity contribution in [2.75, 3.05) is 20.6 Å². The Labute approximate surface area is 299 Å². The molecule has 0 saturated heterocycles. The number of carbonyl (C=O) groups excluding carboxylic acids is 5. The van der Waals surface area contributed by atoms with Gasteiger partial charge in [-0.1, -0.05) is 118 Å². The van der Waals surface area contributed by atoms with E-state index in [1.165, 1.54) is 7.05 Å². The van der Waals surface area contributed by atoms with Gasteiger partial charge in [0.05, 0.1) is 24.7 Å². The molecule has 0 aliphatic rings. The van der Waals surface area contributed by atoms with E-state index in [4.69, 9.17) is 0 Å². The topological polar surface area (TPSA) is 182 Å². The first-order valence-electron chi connectivity index (χ1n) is 17.1. The molecule has 0 spiro atoms. The molecule has 3 rings (SSSR count). The van der Waals surface area contributed by atoms with Crippen molar-refractivity contribution < 1.29 is 24.0 Å². The zero-order chi connectivity index (χ0) is 37.2. The Morgan fingerprint density at radius 1 is 0.686 bits per heavy atom. The molecule has 3 aromatic rings. The monoisotopic (exact) mass is 698 g/mol. The van der Waals surface area contributed by atoms with E-state index in [9.17, 15) is 24.0 Å². The van der Waals surface area contributed by atoms with E-state index in [2.05, 4.69) is 42.4 Å². The van der Waals surface area contributed by atoms with Gasteiger partial charge >= 0.3 is 6.03 Å². The Morgan fingerprint density at radius 3 is 1.73 bits per heavy atom. The highest BCUT2D eigenvalue weighted by Gasteiger charge is 2.29. The predicted octanol–water partition coefficient (Wildman–Crippen LogP) is 3.07. The van der Waals surface area contributed by atoms with Crippen LogP contribution in [0.25, 0.3) is 0 Å². The molecule has 51 heavy (non-hydrogen) atoms. The maximum atomic E-state index is 13.7. The molecular weight excluding hydrogens is 648 g/mol. The van der Waals surface area contributed by atoms with Crippen molar-refractivity contribution >= 4 is 35.4 Å². The Hall–Kier alpha value is -5.56. The summed E-state index contributed by atoms with van der Waals surface area (Å²) in [5.74, 6) is -1.98. The highest BCUT2D eigenvalue weighted by atomic mass is 16.2.